The van der Waals surface area contributed by atoms with Crippen molar-refractivity contribution >= 4 is 12.0 Å². The van der Waals surface area contributed by atoms with Gasteiger partial charge in [0.05, 0.1) is 12.7 Å². The zero-order valence-corrected chi connectivity index (χ0v) is 12.2. The van der Waals surface area contributed by atoms with Crippen LogP contribution < -0.4 is 4.74 Å². The summed E-state index contributed by atoms with van der Waals surface area (Å²) in [6.07, 6.45) is 3.82. The number of hydrogen-bond acceptors (Lipinski definition) is 3. The molecule has 0 fully saturated rings. The predicted molar refractivity (Wildman–Crippen MR) is 83.3 cm³/mol. The molecule has 108 valence electrons. The van der Waals surface area contributed by atoms with Crippen molar-refractivity contribution in [3.63, 3.8) is 0 Å². The lowest BCUT2D eigenvalue weighted by Gasteiger charge is -2.10. The molecule has 0 atom stereocenters. The molecule has 3 heteroatoms. The molecule has 0 saturated carbocycles. The summed E-state index contributed by atoms with van der Waals surface area (Å²) in [5.74, 6) is 0.389. The number of carbonyl (C=O) groups is 1. The predicted octanol–water partition coefficient (Wildman–Crippen LogP) is 4.09. The van der Waals surface area contributed by atoms with E-state index in [1.165, 1.54) is 7.11 Å². The van der Waals surface area contributed by atoms with E-state index in [0.717, 1.165) is 16.9 Å². The summed E-state index contributed by atoms with van der Waals surface area (Å²) < 4.78 is 10.6. The number of allylic oxidation sites excluding steroid dienone is 1. The van der Waals surface area contributed by atoms with Gasteiger partial charge in [0.25, 0.3) is 0 Å². The van der Waals surface area contributed by atoms with E-state index in [2.05, 4.69) is 0 Å². The van der Waals surface area contributed by atoms with Crippen LogP contribution >= 0.6 is 0 Å². The third kappa shape index (κ3) is 3.96. The molecule has 0 aliphatic rings. The average molecular weight is 282 g/mol. The van der Waals surface area contributed by atoms with Crippen LogP contribution in [0.3, 0.4) is 0 Å². The second-order valence-electron chi connectivity index (χ2n) is 4.52. The summed E-state index contributed by atoms with van der Waals surface area (Å²) in [7, 11) is 1.37. The third-order valence-electron chi connectivity index (χ3n) is 3.01. The van der Waals surface area contributed by atoms with Gasteiger partial charge in [0.1, 0.15) is 12.4 Å². The van der Waals surface area contributed by atoms with Gasteiger partial charge in [-0.15, -0.1) is 0 Å². The normalized spacial score (nSPS) is 10.6. The summed E-state index contributed by atoms with van der Waals surface area (Å²) in [5, 5.41) is 0. The minimum absolute atomic E-state index is 0.352. The second-order valence-corrected chi connectivity index (χ2v) is 4.52. The highest BCUT2D eigenvalue weighted by Crippen LogP contribution is 2.23. The molecule has 0 saturated heterocycles. The van der Waals surface area contributed by atoms with E-state index in [0.29, 0.717) is 12.2 Å². The largest absolute Gasteiger partial charge is 0.488 e. The molecule has 0 radical (unpaired) electrons. The Kier molecular flexibility index (Phi) is 5.16. The van der Waals surface area contributed by atoms with Crippen molar-refractivity contribution in [2.45, 2.75) is 13.5 Å². The summed E-state index contributed by atoms with van der Waals surface area (Å²) in [4.78, 5) is 11.6. The Morgan fingerprint density at radius 2 is 1.90 bits per heavy atom. The minimum atomic E-state index is -0.352. The Labute approximate surface area is 124 Å². The topological polar surface area (TPSA) is 35.5 Å². The van der Waals surface area contributed by atoms with Crippen molar-refractivity contribution in [1.82, 2.24) is 0 Å². The number of carbonyl (C=O) groups excluding carboxylic acids is 1. The van der Waals surface area contributed by atoms with E-state index in [-0.39, 0.29) is 5.97 Å². The SMILES string of the molecule is C/C=C\c1cc(C(=O)OC)ccc1OCc1ccccc1. The van der Waals surface area contributed by atoms with Crippen LogP contribution in [-0.2, 0) is 11.3 Å². The van der Waals surface area contributed by atoms with E-state index in [1.807, 2.05) is 49.4 Å². The van der Waals surface area contributed by atoms with Gasteiger partial charge < -0.3 is 9.47 Å². The van der Waals surface area contributed by atoms with Crippen LogP contribution in [0.1, 0.15) is 28.4 Å². The fourth-order valence-electron chi connectivity index (χ4n) is 1.97. The van der Waals surface area contributed by atoms with Gasteiger partial charge in [-0.05, 0) is 30.7 Å². The Morgan fingerprint density at radius 3 is 2.57 bits per heavy atom. The second kappa shape index (κ2) is 7.29. The molecule has 0 aliphatic heterocycles. The first-order valence-electron chi connectivity index (χ1n) is 6.76. The van der Waals surface area contributed by atoms with Crippen LogP contribution in [0.15, 0.2) is 54.6 Å². The Morgan fingerprint density at radius 1 is 1.14 bits per heavy atom. The molecule has 0 N–H and O–H groups in total. The number of hydrogen-bond donors (Lipinski definition) is 0. The van der Waals surface area contributed by atoms with Crippen molar-refractivity contribution in [3.8, 4) is 5.75 Å². The van der Waals surface area contributed by atoms with Crippen LogP contribution in [0.25, 0.3) is 6.08 Å². The van der Waals surface area contributed by atoms with Gasteiger partial charge in [0.15, 0.2) is 0 Å². The monoisotopic (exact) mass is 282 g/mol. The van der Waals surface area contributed by atoms with Crippen molar-refractivity contribution < 1.29 is 14.3 Å². The van der Waals surface area contributed by atoms with Crippen LogP contribution in [-0.4, -0.2) is 13.1 Å². The maximum absolute atomic E-state index is 11.6. The molecule has 0 heterocycles. The minimum Gasteiger partial charge on any atom is -0.488 e. The molecule has 0 aliphatic carbocycles. The Balaban J connectivity index is 2.20. The summed E-state index contributed by atoms with van der Waals surface area (Å²) in [5.41, 5.74) is 2.47. The fraction of sp³-hybridized carbons (Fsp3) is 0.167. The molecule has 2 aromatic rings. The zero-order chi connectivity index (χ0) is 15.1. The Hall–Kier alpha value is -2.55. The van der Waals surface area contributed by atoms with Gasteiger partial charge in [-0.2, -0.15) is 0 Å². The van der Waals surface area contributed by atoms with E-state index >= 15 is 0 Å². The molecule has 2 aromatic carbocycles. The van der Waals surface area contributed by atoms with Crippen LogP contribution in [0.5, 0.6) is 5.75 Å². The molecular formula is C18H18O3. The molecule has 0 spiro atoms. The van der Waals surface area contributed by atoms with Crippen molar-refractivity contribution in [2.75, 3.05) is 7.11 Å². The average Bonchev–Trinajstić information content (AvgIpc) is 2.54. The van der Waals surface area contributed by atoms with Gasteiger partial charge >= 0.3 is 5.97 Å². The number of ether oxygens (including phenoxy) is 2. The van der Waals surface area contributed by atoms with E-state index in [1.54, 1.807) is 18.2 Å². The van der Waals surface area contributed by atoms with Crippen LogP contribution in [0.4, 0.5) is 0 Å². The molecule has 0 unspecified atom stereocenters. The van der Waals surface area contributed by atoms with Gasteiger partial charge in [0.2, 0.25) is 0 Å². The van der Waals surface area contributed by atoms with Gasteiger partial charge in [-0.1, -0.05) is 42.5 Å². The lowest BCUT2D eigenvalue weighted by atomic mass is 10.1. The van der Waals surface area contributed by atoms with E-state index < -0.39 is 0 Å². The zero-order valence-electron chi connectivity index (χ0n) is 12.2. The summed E-state index contributed by atoms with van der Waals surface area (Å²) >= 11 is 0. The molecular weight excluding hydrogens is 264 g/mol. The van der Waals surface area contributed by atoms with Crippen LogP contribution in [0.2, 0.25) is 0 Å². The molecule has 0 bridgehead atoms. The van der Waals surface area contributed by atoms with Crippen LogP contribution in [0, 0.1) is 0 Å². The van der Waals surface area contributed by atoms with E-state index in [4.69, 9.17) is 9.47 Å². The Bertz CT molecular complexity index is 630. The number of rotatable bonds is 5. The standard InChI is InChI=1S/C18H18O3/c1-3-7-15-12-16(18(19)20-2)10-11-17(15)21-13-14-8-5-4-6-9-14/h3-12H,13H2,1-2H3/b7-3-. The summed E-state index contributed by atoms with van der Waals surface area (Å²) in [6, 6.07) is 15.2. The lowest BCUT2D eigenvalue weighted by molar-refractivity contribution is 0.0600. The van der Waals surface area contributed by atoms with Crippen molar-refractivity contribution in [3.05, 3.63) is 71.3 Å². The number of benzene rings is 2. The molecule has 0 amide bonds. The first kappa shape index (κ1) is 14.9. The first-order chi connectivity index (χ1) is 10.2. The fourth-order valence-corrected chi connectivity index (χ4v) is 1.97. The highest BCUT2D eigenvalue weighted by molar-refractivity contribution is 5.90. The first-order valence-corrected chi connectivity index (χ1v) is 6.76. The molecule has 0 aromatic heterocycles. The quantitative estimate of drug-likeness (QED) is 0.775. The molecule has 2 rings (SSSR count). The number of methoxy groups -OCH3 is 1. The maximum Gasteiger partial charge on any atom is 0.337 e. The van der Waals surface area contributed by atoms with Crippen molar-refractivity contribution in [1.29, 1.82) is 0 Å². The molecule has 21 heavy (non-hydrogen) atoms. The summed E-state index contributed by atoms with van der Waals surface area (Å²) in [6.45, 7) is 2.41. The third-order valence-corrected chi connectivity index (χ3v) is 3.01. The highest BCUT2D eigenvalue weighted by Gasteiger charge is 2.09. The van der Waals surface area contributed by atoms with Gasteiger partial charge in [-0.3, -0.25) is 0 Å². The maximum atomic E-state index is 11.6. The highest BCUT2D eigenvalue weighted by atomic mass is 16.5. The van der Waals surface area contributed by atoms with E-state index in [9.17, 15) is 4.79 Å². The smallest absolute Gasteiger partial charge is 0.337 e. The van der Waals surface area contributed by atoms with Crippen molar-refractivity contribution in [2.24, 2.45) is 0 Å². The lowest BCUT2D eigenvalue weighted by Crippen LogP contribution is -2.03. The van der Waals surface area contributed by atoms with Gasteiger partial charge in [-0.25, -0.2) is 4.79 Å². The van der Waals surface area contributed by atoms with Gasteiger partial charge in [0, 0.05) is 5.56 Å². The number of esters is 1. The molecule has 3 nitrogen and oxygen atoms in total.